The second-order valence-corrected chi connectivity index (χ2v) is 2.21. The second-order valence-electron chi connectivity index (χ2n) is 2.21. The molecule has 0 saturated heterocycles. The number of ether oxygens (including phenoxy) is 1. The summed E-state index contributed by atoms with van der Waals surface area (Å²) < 4.78 is 4.61. The fourth-order valence-corrected chi connectivity index (χ4v) is 0.817. The van der Waals surface area contributed by atoms with E-state index in [4.69, 9.17) is 0 Å². The minimum atomic E-state index is -0.841. The Morgan fingerprint density at radius 2 is 1.93 bits per heavy atom. The predicted molar refractivity (Wildman–Crippen MR) is 44.1 cm³/mol. The van der Waals surface area contributed by atoms with Crippen molar-refractivity contribution < 1.29 is 14.6 Å². The highest BCUT2D eigenvalue weighted by atomic mass is 16.6. The first-order valence-corrected chi connectivity index (χ1v) is 3.40. The predicted octanol–water partition coefficient (Wildman–Crippen LogP) is 0.907. The van der Waals surface area contributed by atoms with Crippen LogP contribution in [0.25, 0.3) is 0 Å². The first-order chi connectivity index (χ1) is 6.56. The van der Waals surface area contributed by atoms with Crippen LogP contribution in [0.4, 0.5) is 11.6 Å². The molecule has 0 fully saturated rings. The third-order valence-electron chi connectivity index (χ3n) is 1.40. The van der Waals surface area contributed by atoms with Crippen molar-refractivity contribution >= 4 is 11.6 Å². The minimum absolute atomic E-state index is 0.111. The fraction of sp³-hybridized carbons (Fsp3) is 0.167. The van der Waals surface area contributed by atoms with Crippen molar-refractivity contribution in [2.75, 3.05) is 7.11 Å². The van der Waals surface area contributed by atoms with Crippen LogP contribution in [-0.4, -0.2) is 21.9 Å². The molecule has 0 amide bonds. The summed E-state index contributed by atoms with van der Waals surface area (Å²) >= 11 is 0. The lowest BCUT2D eigenvalue weighted by atomic mass is 10.4. The quantitative estimate of drug-likeness (QED) is 0.528. The highest BCUT2D eigenvalue weighted by Gasteiger charge is 2.20. The molecule has 8 heteroatoms. The Morgan fingerprint density at radius 1 is 1.29 bits per heavy atom. The molecule has 0 atom stereocenters. The van der Waals surface area contributed by atoms with Gasteiger partial charge in [0.25, 0.3) is 0 Å². The number of nitro groups is 2. The number of rotatable bonds is 3. The molecule has 0 aliphatic rings. The van der Waals surface area contributed by atoms with E-state index in [9.17, 15) is 20.2 Å². The van der Waals surface area contributed by atoms with Gasteiger partial charge in [0.05, 0.1) is 7.11 Å². The lowest BCUT2D eigenvalue weighted by Crippen LogP contribution is -1.99. The highest BCUT2D eigenvalue weighted by Crippen LogP contribution is 2.26. The molecular weight excluding hydrogens is 194 g/mol. The van der Waals surface area contributed by atoms with Gasteiger partial charge in [-0.25, -0.2) is 0 Å². The van der Waals surface area contributed by atoms with Crippen molar-refractivity contribution in [2.45, 2.75) is 0 Å². The minimum Gasteiger partial charge on any atom is -0.489 e. The summed E-state index contributed by atoms with van der Waals surface area (Å²) in [6, 6.07) is 2.16. The Bertz CT molecular complexity index is 391. The largest absolute Gasteiger partial charge is 0.489 e. The number of aromatic nitrogens is 1. The van der Waals surface area contributed by atoms with Crippen LogP contribution < -0.4 is 4.74 Å². The molecule has 1 aromatic heterocycles. The average Bonchev–Trinajstić information content (AvgIpc) is 2.16. The van der Waals surface area contributed by atoms with Crippen molar-refractivity contribution in [1.29, 1.82) is 0 Å². The molecule has 0 bridgehead atoms. The van der Waals surface area contributed by atoms with Gasteiger partial charge in [0.2, 0.25) is 5.75 Å². The molecule has 1 rings (SSSR count). The molecule has 0 aliphatic carbocycles. The molecule has 0 radical (unpaired) electrons. The standard InChI is InChI=1S/C6H5N3O5/c1-14-4-2-3-5(8(10)11)7-6(4)9(12)13/h2-3H,1H3. The molecular formula is C6H5N3O5. The molecule has 0 aliphatic heterocycles. The second kappa shape index (κ2) is 3.64. The van der Waals surface area contributed by atoms with Gasteiger partial charge in [-0.1, -0.05) is 0 Å². The monoisotopic (exact) mass is 199 g/mol. The number of hydrogen-bond acceptors (Lipinski definition) is 6. The summed E-state index contributed by atoms with van der Waals surface area (Å²) in [6.07, 6.45) is 0. The van der Waals surface area contributed by atoms with Crippen molar-refractivity contribution in [3.63, 3.8) is 0 Å². The van der Waals surface area contributed by atoms with Gasteiger partial charge < -0.3 is 25.0 Å². The number of pyridine rings is 1. The van der Waals surface area contributed by atoms with E-state index in [1.54, 1.807) is 0 Å². The normalized spacial score (nSPS) is 9.50. The van der Waals surface area contributed by atoms with Gasteiger partial charge in [0.1, 0.15) is 0 Å². The van der Waals surface area contributed by atoms with E-state index in [-0.39, 0.29) is 5.75 Å². The summed E-state index contributed by atoms with van der Waals surface area (Å²) in [7, 11) is 1.22. The first-order valence-electron chi connectivity index (χ1n) is 3.40. The molecule has 1 aromatic rings. The zero-order valence-corrected chi connectivity index (χ0v) is 7.04. The van der Waals surface area contributed by atoms with E-state index in [2.05, 4.69) is 9.72 Å². The van der Waals surface area contributed by atoms with E-state index in [1.807, 2.05) is 0 Å². The lowest BCUT2D eigenvalue weighted by molar-refractivity contribution is -0.403. The van der Waals surface area contributed by atoms with Gasteiger partial charge in [-0.05, 0) is 15.9 Å². The van der Waals surface area contributed by atoms with E-state index in [0.717, 1.165) is 12.1 Å². The summed E-state index contributed by atoms with van der Waals surface area (Å²) in [6.45, 7) is 0. The van der Waals surface area contributed by atoms with E-state index in [0.29, 0.717) is 0 Å². The maximum absolute atomic E-state index is 10.4. The van der Waals surface area contributed by atoms with E-state index in [1.165, 1.54) is 7.11 Å². The van der Waals surface area contributed by atoms with E-state index < -0.39 is 21.5 Å². The molecule has 1 heterocycles. The molecule has 0 spiro atoms. The molecule has 0 saturated carbocycles. The molecule has 8 nitrogen and oxygen atoms in total. The van der Waals surface area contributed by atoms with Crippen LogP contribution in [0.15, 0.2) is 12.1 Å². The Hall–Kier alpha value is -2.25. The Kier molecular flexibility index (Phi) is 2.56. The maximum Gasteiger partial charge on any atom is 0.410 e. The molecule has 0 unspecified atom stereocenters. The number of nitrogens with zero attached hydrogens (tertiary/aromatic N) is 3. The average molecular weight is 199 g/mol. The van der Waals surface area contributed by atoms with Crippen LogP contribution in [-0.2, 0) is 0 Å². The first kappa shape index (κ1) is 9.84. The summed E-state index contributed by atoms with van der Waals surface area (Å²) in [5, 5.41) is 20.7. The van der Waals surface area contributed by atoms with Crippen LogP contribution >= 0.6 is 0 Å². The van der Waals surface area contributed by atoms with Crippen LogP contribution in [0.3, 0.4) is 0 Å². The zero-order chi connectivity index (χ0) is 10.7. The fourth-order valence-electron chi connectivity index (χ4n) is 0.817. The highest BCUT2D eigenvalue weighted by molar-refractivity contribution is 5.43. The SMILES string of the molecule is COc1ccc([N+](=O)[O-])nc1[N+](=O)[O-]. The summed E-state index contributed by atoms with van der Waals surface area (Å²) in [5.41, 5.74) is 0. The van der Waals surface area contributed by atoms with Gasteiger partial charge in [0, 0.05) is 11.1 Å². The molecule has 0 aromatic carbocycles. The topological polar surface area (TPSA) is 108 Å². The Morgan fingerprint density at radius 3 is 2.36 bits per heavy atom. The maximum atomic E-state index is 10.4. The third-order valence-corrected chi connectivity index (χ3v) is 1.40. The zero-order valence-electron chi connectivity index (χ0n) is 7.04. The molecule has 14 heavy (non-hydrogen) atoms. The van der Waals surface area contributed by atoms with Gasteiger partial charge >= 0.3 is 11.6 Å². The van der Waals surface area contributed by atoms with Crippen molar-refractivity contribution in [1.82, 2.24) is 4.98 Å². The Balaban J connectivity index is 3.27. The summed E-state index contributed by atoms with van der Waals surface area (Å²) in [5.74, 6) is -1.36. The third kappa shape index (κ3) is 1.73. The van der Waals surface area contributed by atoms with Gasteiger partial charge in [-0.2, -0.15) is 0 Å². The van der Waals surface area contributed by atoms with Gasteiger partial charge in [-0.3, -0.25) is 0 Å². The molecule has 0 N–H and O–H groups in total. The summed E-state index contributed by atoms with van der Waals surface area (Å²) in [4.78, 5) is 22.2. The lowest BCUT2D eigenvalue weighted by Gasteiger charge is -2.00. The molecule has 74 valence electrons. The Labute approximate surface area is 77.4 Å². The van der Waals surface area contributed by atoms with Crippen molar-refractivity contribution in [3.05, 3.63) is 32.4 Å². The van der Waals surface area contributed by atoms with Gasteiger partial charge in [0.15, 0.2) is 0 Å². The van der Waals surface area contributed by atoms with Gasteiger partial charge in [-0.15, -0.1) is 0 Å². The smallest absolute Gasteiger partial charge is 0.410 e. The van der Waals surface area contributed by atoms with Crippen LogP contribution in [0.1, 0.15) is 0 Å². The van der Waals surface area contributed by atoms with Crippen LogP contribution in [0, 0.1) is 20.2 Å². The number of methoxy groups -OCH3 is 1. The number of hydrogen-bond donors (Lipinski definition) is 0. The van der Waals surface area contributed by atoms with Crippen molar-refractivity contribution in [2.24, 2.45) is 0 Å². The van der Waals surface area contributed by atoms with E-state index >= 15 is 0 Å². The van der Waals surface area contributed by atoms with Crippen LogP contribution in [0.2, 0.25) is 0 Å². The van der Waals surface area contributed by atoms with Crippen molar-refractivity contribution in [3.8, 4) is 5.75 Å². The van der Waals surface area contributed by atoms with Crippen LogP contribution in [0.5, 0.6) is 5.75 Å².